The van der Waals surface area contributed by atoms with Crippen LogP contribution in [0.2, 0.25) is 0 Å². The fraction of sp³-hybridized carbons (Fsp3) is 0.500. The summed E-state index contributed by atoms with van der Waals surface area (Å²) in [6.45, 7) is 5.86. The second-order valence-electron chi connectivity index (χ2n) is 5.24. The van der Waals surface area contributed by atoms with Crippen LogP contribution in [0.25, 0.3) is 0 Å². The third kappa shape index (κ3) is 6.07. The second kappa shape index (κ2) is 6.81. The highest BCUT2D eigenvalue weighted by Crippen LogP contribution is 2.17. The number of nitrogens with one attached hydrogen (secondary N) is 1. The number of carbonyl (C=O) groups excluding carboxylic acids is 1. The van der Waals surface area contributed by atoms with Gasteiger partial charge in [0.25, 0.3) is 0 Å². The van der Waals surface area contributed by atoms with Crippen molar-refractivity contribution in [3.63, 3.8) is 0 Å². The number of hydrogen-bond acceptors (Lipinski definition) is 3. The van der Waals surface area contributed by atoms with E-state index in [0.29, 0.717) is 11.5 Å². The van der Waals surface area contributed by atoms with Gasteiger partial charge in [0, 0.05) is 11.3 Å². The van der Waals surface area contributed by atoms with Crippen LogP contribution in [0.15, 0.2) is 30.3 Å². The maximum absolute atomic E-state index is 11.6. The van der Waals surface area contributed by atoms with E-state index in [1.165, 1.54) is 11.8 Å². The Morgan fingerprint density at radius 1 is 1.33 bits per heavy atom. The molecule has 0 saturated heterocycles. The van der Waals surface area contributed by atoms with Gasteiger partial charge >= 0.3 is 0 Å². The zero-order chi connectivity index (χ0) is 13.6. The van der Waals surface area contributed by atoms with Crippen molar-refractivity contribution in [1.29, 1.82) is 0 Å². The summed E-state index contributed by atoms with van der Waals surface area (Å²) in [6.07, 6.45) is -0.515. The maximum atomic E-state index is 11.6. The molecular formula is C14H21NO2S. The molecule has 0 radical (unpaired) electrons. The lowest BCUT2D eigenvalue weighted by Gasteiger charge is -2.20. The first-order valence-electron chi connectivity index (χ1n) is 6.00. The van der Waals surface area contributed by atoms with Gasteiger partial charge in [-0.05, 0) is 26.3 Å². The minimum Gasteiger partial charge on any atom is -0.388 e. The van der Waals surface area contributed by atoms with E-state index in [2.05, 4.69) is 5.32 Å². The van der Waals surface area contributed by atoms with E-state index >= 15 is 0 Å². The lowest BCUT2D eigenvalue weighted by molar-refractivity contribution is -0.119. The fourth-order valence-corrected chi connectivity index (χ4v) is 2.28. The van der Waals surface area contributed by atoms with E-state index < -0.39 is 6.10 Å². The summed E-state index contributed by atoms with van der Waals surface area (Å²) < 4.78 is 0. The van der Waals surface area contributed by atoms with Gasteiger partial charge in [-0.25, -0.2) is 0 Å². The standard InChI is InChI=1S/C14H21NO2S/c1-14(2,3)15-13(17)10-18-9-12(16)11-7-5-4-6-8-11/h4-8,12,16H,9-10H2,1-3H3,(H,15,17). The highest BCUT2D eigenvalue weighted by molar-refractivity contribution is 7.99. The van der Waals surface area contributed by atoms with Crippen molar-refractivity contribution in [1.82, 2.24) is 5.32 Å². The van der Waals surface area contributed by atoms with Crippen LogP contribution in [0.1, 0.15) is 32.4 Å². The van der Waals surface area contributed by atoms with Crippen LogP contribution < -0.4 is 5.32 Å². The molecule has 0 aliphatic rings. The predicted octanol–water partition coefficient (Wildman–Crippen LogP) is 2.37. The molecule has 18 heavy (non-hydrogen) atoms. The van der Waals surface area contributed by atoms with Gasteiger partial charge in [-0.2, -0.15) is 0 Å². The molecule has 3 nitrogen and oxygen atoms in total. The van der Waals surface area contributed by atoms with Crippen molar-refractivity contribution in [2.45, 2.75) is 32.4 Å². The van der Waals surface area contributed by atoms with Gasteiger partial charge in [0.05, 0.1) is 11.9 Å². The number of amides is 1. The van der Waals surface area contributed by atoms with Crippen LogP contribution in [0, 0.1) is 0 Å². The van der Waals surface area contributed by atoms with E-state index in [-0.39, 0.29) is 11.4 Å². The molecule has 0 aliphatic carbocycles. The Kier molecular flexibility index (Phi) is 5.69. The Morgan fingerprint density at radius 3 is 2.50 bits per heavy atom. The zero-order valence-corrected chi connectivity index (χ0v) is 12.0. The van der Waals surface area contributed by atoms with Gasteiger partial charge in [0.2, 0.25) is 5.91 Å². The van der Waals surface area contributed by atoms with Crippen molar-refractivity contribution < 1.29 is 9.90 Å². The minimum atomic E-state index is -0.515. The normalized spacial score (nSPS) is 13.1. The van der Waals surface area contributed by atoms with Gasteiger partial charge in [-0.1, -0.05) is 30.3 Å². The third-order valence-corrected chi connectivity index (χ3v) is 3.23. The number of aliphatic hydroxyl groups excluding tert-OH is 1. The Labute approximate surface area is 113 Å². The number of benzene rings is 1. The van der Waals surface area contributed by atoms with Crippen LogP contribution in [0.3, 0.4) is 0 Å². The summed E-state index contributed by atoms with van der Waals surface area (Å²) in [7, 11) is 0. The van der Waals surface area contributed by atoms with Crippen LogP contribution in [0.5, 0.6) is 0 Å². The lowest BCUT2D eigenvalue weighted by atomic mass is 10.1. The lowest BCUT2D eigenvalue weighted by Crippen LogP contribution is -2.41. The summed E-state index contributed by atoms with van der Waals surface area (Å²) >= 11 is 1.44. The predicted molar refractivity (Wildman–Crippen MR) is 76.6 cm³/mol. The van der Waals surface area contributed by atoms with Crippen LogP contribution in [-0.2, 0) is 4.79 Å². The number of carbonyl (C=O) groups is 1. The molecule has 0 aliphatic heterocycles. The Bertz CT molecular complexity index is 373. The number of rotatable bonds is 5. The smallest absolute Gasteiger partial charge is 0.230 e. The first-order chi connectivity index (χ1) is 8.38. The highest BCUT2D eigenvalue weighted by Gasteiger charge is 2.14. The molecule has 0 spiro atoms. The minimum absolute atomic E-state index is 0.00719. The molecule has 4 heteroatoms. The van der Waals surface area contributed by atoms with E-state index in [0.717, 1.165) is 5.56 Å². The van der Waals surface area contributed by atoms with Crippen molar-refractivity contribution in [2.75, 3.05) is 11.5 Å². The Hall–Kier alpha value is -1.00. The van der Waals surface area contributed by atoms with E-state index in [4.69, 9.17) is 0 Å². The summed E-state index contributed by atoms with van der Waals surface area (Å²) in [4.78, 5) is 11.6. The largest absolute Gasteiger partial charge is 0.388 e. The number of aliphatic hydroxyl groups is 1. The first-order valence-corrected chi connectivity index (χ1v) is 7.16. The molecular weight excluding hydrogens is 246 g/mol. The van der Waals surface area contributed by atoms with E-state index in [1.54, 1.807) is 0 Å². The molecule has 2 N–H and O–H groups in total. The van der Waals surface area contributed by atoms with Crippen LogP contribution >= 0.6 is 11.8 Å². The molecule has 1 amide bonds. The number of hydrogen-bond donors (Lipinski definition) is 2. The third-order valence-electron chi connectivity index (χ3n) is 2.21. The molecule has 0 fully saturated rings. The molecule has 1 rings (SSSR count). The Balaban J connectivity index is 2.28. The fourth-order valence-electron chi connectivity index (χ4n) is 1.49. The van der Waals surface area contributed by atoms with E-state index in [9.17, 15) is 9.90 Å². The van der Waals surface area contributed by atoms with Gasteiger partial charge < -0.3 is 10.4 Å². The molecule has 1 unspecified atom stereocenters. The van der Waals surface area contributed by atoms with Gasteiger partial charge in [-0.3, -0.25) is 4.79 Å². The van der Waals surface area contributed by atoms with Crippen molar-refractivity contribution in [2.24, 2.45) is 0 Å². The second-order valence-corrected chi connectivity index (χ2v) is 6.27. The highest BCUT2D eigenvalue weighted by atomic mass is 32.2. The first kappa shape index (κ1) is 15.1. The molecule has 1 aromatic rings. The van der Waals surface area contributed by atoms with Crippen molar-refractivity contribution in [3.05, 3.63) is 35.9 Å². The maximum Gasteiger partial charge on any atom is 0.230 e. The SMILES string of the molecule is CC(C)(C)NC(=O)CSCC(O)c1ccccc1. The molecule has 0 saturated carbocycles. The molecule has 0 bridgehead atoms. The average molecular weight is 267 g/mol. The van der Waals surface area contributed by atoms with Crippen molar-refractivity contribution in [3.8, 4) is 0 Å². The average Bonchev–Trinajstić information content (AvgIpc) is 2.27. The van der Waals surface area contributed by atoms with Gasteiger partial charge in [0.15, 0.2) is 0 Å². The molecule has 1 atom stereocenters. The molecule has 100 valence electrons. The number of thioether (sulfide) groups is 1. The van der Waals surface area contributed by atoms with E-state index in [1.807, 2.05) is 51.1 Å². The van der Waals surface area contributed by atoms with Crippen LogP contribution in [0.4, 0.5) is 0 Å². The summed E-state index contributed by atoms with van der Waals surface area (Å²) in [6, 6.07) is 9.49. The molecule has 0 aromatic heterocycles. The quantitative estimate of drug-likeness (QED) is 0.861. The summed E-state index contributed by atoms with van der Waals surface area (Å²) in [5, 5.41) is 12.8. The topological polar surface area (TPSA) is 49.3 Å². The summed E-state index contributed by atoms with van der Waals surface area (Å²) in [5.74, 6) is 0.913. The summed E-state index contributed by atoms with van der Waals surface area (Å²) in [5.41, 5.74) is 0.691. The van der Waals surface area contributed by atoms with Crippen LogP contribution in [-0.4, -0.2) is 28.1 Å². The van der Waals surface area contributed by atoms with Gasteiger partial charge in [0.1, 0.15) is 0 Å². The molecule has 1 aromatic carbocycles. The zero-order valence-electron chi connectivity index (χ0n) is 11.1. The molecule has 0 heterocycles. The van der Waals surface area contributed by atoms with Gasteiger partial charge in [-0.15, -0.1) is 11.8 Å². The van der Waals surface area contributed by atoms with Crippen molar-refractivity contribution >= 4 is 17.7 Å². The monoisotopic (exact) mass is 267 g/mol. The Morgan fingerprint density at radius 2 is 1.94 bits per heavy atom.